The molecule has 0 spiro atoms. The zero-order valence-corrected chi connectivity index (χ0v) is 6.66. The Balaban J connectivity index is 4.02. The lowest BCUT2D eigenvalue weighted by Gasteiger charge is -2.23. The van der Waals surface area contributed by atoms with Gasteiger partial charge in [0, 0.05) is 13.5 Å². The van der Waals surface area contributed by atoms with Gasteiger partial charge in [-0.1, -0.05) is 6.92 Å². The molecule has 2 nitrogen and oxygen atoms in total. The van der Waals surface area contributed by atoms with E-state index in [0.717, 1.165) is 14.0 Å². The summed E-state index contributed by atoms with van der Waals surface area (Å²) in [6, 6.07) is 0. The molecule has 0 fully saturated rings. The third-order valence-electron chi connectivity index (χ3n) is 1.20. The maximum atomic E-state index is 12.7. The van der Waals surface area contributed by atoms with Crippen LogP contribution in [0.4, 0.5) is 13.2 Å². The predicted octanol–water partition coefficient (Wildman–Crippen LogP) is 2.30. The first-order valence-corrected chi connectivity index (χ1v) is 3.15. The topological polar surface area (TPSA) is 18.5 Å². The molecule has 0 aromatic carbocycles. The standard InChI is InChI=1S/C6H11F3O2/c1-4-5(2,7)11-6(8,9)10-3/h4H2,1-3H3. The Hall–Kier alpha value is -0.290. The van der Waals surface area contributed by atoms with Gasteiger partial charge >= 0.3 is 6.29 Å². The van der Waals surface area contributed by atoms with Crippen molar-refractivity contribution in [2.75, 3.05) is 7.11 Å². The summed E-state index contributed by atoms with van der Waals surface area (Å²) in [7, 11) is 0.742. The minimum atomic E-state index is -3.85. The van der Waals surface area contributed by atoms with Crippen molar-refractivity contribution in [2.24, 2.45) is 0 Å². The van der Waals surface area contributed by atoms with Crippen LogP contribution in [0.25, 0.3) is 0 Å². The number of ether oxygens (including phenoxy) is 2. The molecule has 0 bridgehead atoms. The number of methoxy groups -OCH3 is 1. The van der Waals surface area contributed by atoms with Crippen molar-refractivity contribution in [3.63, 3.8) is 0 Å². The van der Waals surface area contributed by atoms with Crippen LogP contribution in [0, 0.1) is 0 Å². The van der Waals surface area contributed by atoms with E-state index in [9.17, 15) is 13.2 Å². The molecule has 0 saturated heterocycles. The average molecular weight is 172 g/mol. The molecule has 0 heterocycles. The zero-order valence-electron chi connectivity index (χ0n) is 6.66. The van der Waals surface area contributed by atoms with Crippen molar-refractivity contribution in [1.29, 1.82) is 0 Å². The number of hydrogen-bond donors (Lipinski definition) is 0. The van der Waals surface area contributed by atoms with Gasteiger partial charge in [-0.25, -0.2) is 4.39 Å². The fourth-order valence-corrected chi connectivity index (χ4v) is 0.362. The lowest BCUT2D eigenvalue weighted by molar-refractivity contribution is -0.433. The van der Waals surface area contributed by atoms with Gasteiger partial charge in [-0.05, 0) is 6.92 Å². The molecule has 68 valence electrons. The van der Waals surface area contributed by atoms with Crippen molar-refractivity contribution < 1.29 is 22.6 Å². The van der Waals surface area contributed by atoms with Gasteiger partial charge in [-0.2, -0.15) is 0 Å². The van der Waals surface area contributed by atoms with E-state index in [1.54, 1.807) is 0 Å². The second-order valence-electron chi connectivity index (χ2n) is 2.22. The van der Waals surface area contributed by atoms with Gasteiger partial charge in [0.25, 0.3) is 0 Å². The van der Waals surface area contributed by atoms with E-state index in [1.165, 1.54) is 6.92 Å². The van der Waals surface area contributed by atoms with Crippen LogP contribution >= 0.6 is 0 Å². The molecule has 0 aromatic heterocycles. The Kier molecular flexibility index (Phi) is 3.31. The molecule has 0 aromatic rings. The monoisotopic (exact) mass is 172 g/mol. The fourth-order valence-electron chi connectivity index (χ4n) is 0.362. The second-order valence-corrected chi connectivity index (χ2v) is 2.22. The van der Waals surface area contributed by atoms with Crippen LogP contribution < -0.4 is 0 Å². The normalized spacial score (nSPS) is 18.0. The quantitative estimate of drug-likeness (QED) is 0.606. The first-order valence-electron chi connectivity index (χ1n) is 3.15. The molecule has 0 amide bonds. The summed E-state index contributed by atoms with van der Waals surface area (Å²) < 4.78 is 44.3. The molecular formula is C6H11F3O2. The van der Waals surface area contributed by atoms with E-state index in [-0.39, 0.29) is 6.42 Å². The lowest BCUT2D eigenvalue weighted by atomic mass is 10.3. The number of halogens is 3. The second kappa shape index (κ2) is 3.40. The molecule has 0 rings (SSSR count). The summed E-state index contributed by atoms with van der Waals surface area (Å²) in [5, 5.41) is 0. The van der Waals surface area contributed by atoms with Crippen LogP contribution in [0.3, 0.4) is 0 Å². The van der Waals surface area contributed by atoms with Gasteiger partial charge in [-0.3, -0.25) is 9.47 Å². The number of hydrogen-bond acceptors (Lipinski definition) is 2. The first kappa shape index (κ1) is 10.7. The number of rotatable bonds is 4. The van der Waals surface area contributed by atoms with Crippen LogP contribution in [-0.2, 0) is 9.47 Å². The molecule has 1 atom stereocenters. The minimum absolute atomic E-state index is 0.161. The van der Waals surface area contributed by atoms with Gasteiger partial charge in [0.1, 0.15) is 0 Å². The lowest BCUT2D eigenvalue weighted by Crippen LogP contribution is -2.34. The number of alkyl halides is 3. The molecule has 0 saturated carbocycles. The largest absolute Gasteiger partial charge is 0.487 e. The maximum Gasteiger partial charge on any atom is 0.487 e. The Morgan fingerprint density at radius 3 is 2.00 bits per heavy atom. The van der Waals surface area contributed by atoms with Crippen molar-refractivity contribution in [3.8, 4) is 0 Å². The molecule has 5 heteroatoms. The van der Waals surface area contributed by atoms with E-state index in [1.807, 2.05) is 0 Å². The third-order valence-corrected chi connectivity index (χ3v) is 1.20. The van der Waals surface area contributed by atoms with Crippen molar-refractivity contribution >= 4 is 0 Å². The summed E-state index contributed by atoms with van der Waals surface area (Å²) in [5.74, 6) is -2.35. The van der Waals surface area contributed by atoms with Crippen LogP contribution in [0.2, 0.25) is 0 Å². The predicted molar refractivity (Wildman–Crippen MR) is 32.8 cm³/mol. The van der Waals surface area contributed by atoms with E-state index in [4.69, 9.17) is 0 Å². The molecule has 0 aliphatic heterocycles. The summed E-state index contributed by atoms with van der Waals surface area (Å²) in [6.45, 7) is 2.31. The summed E-state index contributed by atoms with van der Waals surface area (Å²) in [6.07, 6.45) is -4.01. The van der Waals surface area contributed by atoms with Crippen molar-refractivity contribution in [2.45, 2.75) is 32.4 Å². The highest BCUT2D eigenvalue weighted by molar-refractivity contribution is 4.57. The fraction of sp³-hybridized carbons (Fsp3) is 1.00. The van der Waals surface area contributed by atoms with Gasteiger partial charge in [0.2, 0.25) is 5.85 Å². The highest BCUT2D eigenvalue weighted by Gasteiger charge is 2.39. The Labute approximate surface area is 63.3 Å². The Bertz CT molecular complexity index is 111. The minimum Gasteiger partial charge on any atom is -0.299 e. The van der Waals surface area contributed by atoms with Crippen LogP contribution in [0.15, 0.2) is 0 Å². The SMILES string of the molecule is CCC(C)(F)OC(F)(F)OC. The molecule has 0 aliphatic carbocycles. The van der Waals surface area contributed by atoms with Gasteiger partial charge in [0.15, 0.2) is 0 Å². The Morgan fingerprint density at radius 2 is 1.73 bits per heavy atom. The molecule has 1 unspecified atom stereocenters. The van der Waals surface area contributed by atoms with Crippen LogP contribution in [-0.4, -0.2) is 19.3 Å². The average Bonchev–Trinajstić information content (AvgIpc) is 1.86. The highest BCUT2D eigenvalue weighted by Crippen LogP contribution is 2.27. The van der Waals surface area contributed by atoms with Gasteiger partial charge in [0.05, 0.1) is 0 Å². The summed E-state index contributed by atoms with van der Waals surface area (Å²) in [4.78, 5) is 0. The smallest absolute Gasteiger partial charge is 0.299 e. The molecular weight excluding hydrogens is 161 g/mol. The van der Waals surface area contributed by atoms with Crippen LogP contribution in [0.1, 0.15) is 20.3 Å². The summed E-state index contributed by atoms with van der Waals surface area (Å²) in [5.41, 5.74) is 0. The maximum absolute atomic E-state index is 12.7. The van der Waals surface area contributed by atoms with Crippen molar-refractivity contribution in [1.82, 2.24) is 0 Å². The third kappa shape index (κ3) is 4.21. The van der Waals surface area contributed by atoms with Gasteiger partial charge in [-0.15, -0.1) is 8.78 Å². The van der Waals surface area contributed by atoms with E-state index >= 15 is 0 Å². The van der Waals surface area contributed by atoms with Crippen LogP contribution in [0.5, 0.6) is 0 Å². The van der Waals surface area contributed by atoms with E-state index in [2.05, 4.69) is 9.47 Å². The van der Waals surface area contributed by atoms with E-state index < -0.39 is 12.1 Å². The Morgan fingerprint density at radius 1 is 1.27 bits per heavy atom. The zero-order chi connectivity index (χ0) is 9.12. The molecule has 0 N–H and O–H groups in total. The molecule has 0 radical (unpaired) electrons. The van der Waals surface area contributed by atoms with Crippen molar-refractivity contribution in [3.05, 3.63) is 0 Å². The highest BCUT2D eigenvalue weighted by atomic mass is 19.3. The summed E-state index contributed by atoms with van der Waals surface area (Å²) >= 11 is 0. The van der Waals surface area contributed by atoms with Gasteiger partial charge < -0.3 is 0 Å². The molecule has 11 heavy (non-hydrogen) atoms. The van der Waals surface area contributed by atoms with E-state index in [0.29, 0.717) is 0 Å². The molecule has 0 aliphatic rings. The first-order chi connectivity index (χ1) is 4.83.